The van der Waals surface area contributed by atoms with E-state index in [9.17, 15) is 9.59 Å². The van der Waals surface area contributed by atoms with Crippen LogP contribution in [0.15, 0.2) is 23.3 Å². The molecule has 0 spiro atoms. The van der Waals surface area contributed by atoms with Crippen LogP contribution in [0.5, 0.6) is 11.5 Å². The minimum atomic E-state index is -0.364. The number of hydrazone groups is 1. The number of nitrogens with one attached hydrogen (secondary N) is 2. The number of amides is 2. The summed E-state index contributed by atoms with van der Waals surface area (Å²) >= 11 is 0. The lowest BCUT2D eigenvalue weighted by atomic mass is 9.54. The van der Waals surface area contributed by atoms with Gasteiger partial charge in [-0.25, -0.2) is 5.43 Å². The molecule has 0 unspecified atom stereocenters. The SMILES string of the molecule is COc1ccc(C(=O)N/N=C(/C)CC(=O)NC2C3CC4CC(C3)CC2C4)cc1OC. The number of benzene rings is 1. The maximum Gasteiger partial charge on any atom is 0.271 e. The Balaban J connectivity index is 1.30. The molecule has 1 aromatic rings. The molecule has 4 bridgehead atoms. The first-order valence-electron chi connectivity index (χ1n) is 10.8. The molecule has 7 nitrogen and oxygen atoms in total. The number of rotatable bonds is 7. The summed E-state index contributed by atoms with van der Waals surface area (Å²) in [4.78, 5) is 25.0. The van der Waals surface area contributed by atoms with E-state index in [1.54, 1.807) is 32.2 Å². The maximum absolute atomic E-state index is 12.6. The summed E-state index contributed by atoms with van der Waals surface area (Å²) in [5, 5.41) is 7.38. The number of hydrogen-bond donors (Lipinski definition) is 2. The lowest BCUT2D eigenvalue weighted by Crippen LogP contribution is -2.56. The highest BCUT2D eigenvalue weighted by atomic mass is 16.5. The van der Waals surface area contributed by atoms with E-state index in [4.69, 9.17) is 9.47 Å². The Labute approximate surface area is 177 Å². The predicted molar refractivity (Wildman–Crippen MR) is 114 cm³/mol. The van der Waals surface area contributed by atoms with Crippen LogP contribution in [-0.2, 0) is 4.79 Å². The largest absolute Gasteiger partial charge is 0.493 e. The van der Waals surface area contributed by atoms with Crippen molar-refractivity contribution >= 4 is 17.5 Å². The van der Waals surface area contributed by atoms with Gasteiger partial charge in [0.15, 0.2) is 11.5 Å². The van der Waals surface area contributed by atoms with Gasteiger partial charge in [0.05, 0.1) is 20.6 Å². The van der Waals surface area contributed by atoms with E-state index >= 15 is 0 Å². The molecule has 30 heavy (non-hydrogen) atoms. The van der Waals surface area contributed by atoms with Gasteiger partial charge < -0.3 is 14.8 Å². The molecule has 4 aliphatic carbocycles. The summed E-state index contributed by atoms with van der Waals surface area (Å²) in [5.41, 5.74) is 3.50. The van der Waals surface area contributed by atoms with Gasteiger partial charge in [0.1, 0.15) is 0 Å². The molecule has 1 aromatic carbocycles. The van der Waals surface area contributed by atoms with Gasteiger partial charge in [-0.15, -0.1) is 0 Å². The summed E-state index contributed by atoms with van der Waals surface area (Å²) in [6, 6.07) is 5.22. The Kier molecular flexibility index (Phi) is 5.97. The zero-order valence-corrected chi connectivity index (χ0v) is 17.9. The molecule has 0 heterocycles. The molecule has 0 atom stereocenters. The summed E-state index contributed by atoms with van der Waals surface area (Å²) in [6.45, 7) is 1.76. The lowest BCUT2D eigenvalue weighted by molar-refractivity contribution is -0.123. The first kappa shape index (κ1) is 20.7. The van der Waals surface area contributed by atoms with E-state index in [2.05, 4.69) is 15.8 Å². The van der Waals surface area contributed by atoms with Gasteiger partial charge in [-0.3, -0.25) is 9.59 Å². The Bertz CT molecular complexity index is 823. The van der Waals surface area contributed by atoms with E-state index in [0.717, 1.165) is 11.8 Å². The highest BCUT2D eigenvalue weighted by Crippen LogP contribution is 2.53. The number of carbonyl (C=O) groups excluding carboxylic acids is 2. The first-order chi connectivity index (χ1) is 14.5. The van der Waals surface area contributed by atoms with Gasteiger partial charge in [-0.2, -0.15) is 5.10 Å². The molecule has 7 heteroatoms. The zero-order valence-electron chi connectivity index (χ0n) is 17.9. The van der Waals surface area contributed by atoms with E-state index < -0.39 is 0 Å². The average molecular weight is 414 g/mol. The quantitative estimate of drug-likeness (QED) is 0.531. The molecular formula is C23H31N3O4. The van der Waals surface area contributed by atoms with Gasteiger partial charge in [-0.05, 0) is 80.9 Å². The Morgan fingerprint density at radius 1 is 1.00 bits per heavy atom. The van der Waals surface area contributed by atoms with Crippen LogP contribution in [0, 0.1) is 23.7 Å². The molecule has 2 amide bonds. The molecule has 162 valence electrons. The van der Waals surface area contributed by atoms with Crippen LogP contribution < -0.4 is 20.2 Å². The first-order valence-corrected chi connectivity index (χ1v) is 10.8. The number of nitrogens with zero attached hydrogens (tertiary/aromatic N) is 1. The van der Waals surface area contributed by atoms with Crippen LogP contribution in [0.25, 0.3) is 0 Å². The van der Waals surface area contributed by atoms with E-state index in [-0.39, 0.29) is 18.2 Å². The Morgan fingerprint density at radius 2 is 1.63 bits per heavy atom. The molecule has 4 aliphatic rings. The molecule has 4 fully saturated rings. The molecule has 0 saturated heterocycles. The van der Waals surface area contributed by atoms with Crippen molar-refractivity contribution in [3.63, 3.8) is 0 Å². The monoisotopic (exact) mass is 413 g/mol. The van der Waals surface area contributed by atoms with Crippen molar-refractivity contribution in [2.75, 3.05) is 14.2 Å². The number of ether oxygens (including phenoxy) is 2. The fourth-order valence-corrected chi connectivity index (χ4v) is 5.86. The van der Waals surface area contributed by atoms with Gasteiger partial charge in [-0.1, -0.05) is 0 Å². The van der Waals surface area contributed by atoms with E-state index in [1.807, 2.05) is 0 Å². The summed E-state index contributed by atoms with van der Waals surface area (Å²) in [5.74, 6) is 3.72. The maximum atomic E-state index is 12.6. The normalized spacial score (nSPS) is 29.4. The Hall–Kier alpha value is -2.57. The van der Waals surface area contributed by atoms with Crippen LogP contribution in [0.4, 0.5) is 0 Å². The fraction of sp³-hybridized carbons (Fsp3) is 0.609. The van der Waals surface area contributed by atoms with E-state index in [0.29, 0.717) is 40.7 Å². The Morgan fingerprint density at radius 3 is 2.23 bits per heavy atom. The second-order valence-electron chi connectivity index (χ2n) is 9.06. The van der Waals surface area contributed by atoms with Crippen LogP contribution in [0.2, 0.25) is 0 Å². The van der Waals surface area contributed by atoms with E-state index in [1.165, 1.54) is 39.2 Å². The third-order valence-electron chi connectivity index (χ3n) is 6.96. The van der Waals surface area contributed by atoms with Gasteiger partial charge in [0, 0.05) is 17.3 Å². The molecule has 4 saturated carbocycles. The van der Waals surface area contributed by atoms with Crippen molar-refractivity contribution in [1.82, 2.24) is 10.7 Å². The van der Waals surface area contributed by atoms with Crippen molar-refractivity contribution in [2.45, 2.75) is 51.5 Å². The molecular weight excluding hydrogens is 382 g/mol. The van der Waals surface area contributed by atoms with Crippen LogP contribution in [-0.4, -0.2) is 37.8 Å². The van der Waals surface area contributed by atoms with Crippen molar-refractivity contribution < 1.29 is 19.1 Å². The average Bonchev–Trinajstić information content (AvgIpc) is 2.73. The number of hydrogen-bond acceptors (Lipinski definition) is 5. The standard InChI is InChI=1S/C23H31N3O4/c1-13(25-26-23(28)16-4-5-19(29-2)20(12-16)30-3)6-21(27)24-22-17-8-14-7-15(10-17)11-18(22)9-14/h4-5,12,14-15,17-18,22H,6-11H2,1-3H3,(H,24,27)(H,26,28)/b25-13-. The van der Waals surface area contributed by atoms with Gasteiger partial charge in [0.2, 0.25) is 5.91 Å². The van der Waals surface area contributed by atoms with Gasteiger partial charge in [0.25, 0.3) is 5.91 Å². The third kappa shape index (κ3) is 4.30. The minimum Gasteiger partial charge on any atom is -0.493 e. The topological polar surface area (TPSA) is 89.0 Å². The van der Waals surface area contributed by atoms with Crippen molar-refractivity contribution in [3.05, 3.63) is 23.8 Å². The number of methoxy groups -OCH3 is 2. The van der Waals surface area contributed by atoms with Crippen molar-refractivity contribution in [1.29, 1.82) is 0 Å². The molecule has 2 N–H and O–H groups in total. The fourth-order valence-electron chi connectivity index (χ4n) is 5.86. The van der Waals surface area contributed by atoms with Crippen molar-refractivity contribution in [2.24, 2.45) is 28.8 Å². The molecule has 0 radical (unpaired) electrons. The van der Waals surface area contributed by atoms with Gasteiger partial charge >= 0.3 is 0 Å². The van der Waals surface area contributed by atoms with Crippen molar-refractivity contribution in [3.8, 4) is 11.5 Å². The summed E-state index contributed by atoms with van der Waals surface area (Å²) < 4.78 is 10.4. The molecule has 5 rings (SSSR count). The van der Waals surface area contributed by atoms with Crippen LogP contribution >= 0.6 is 0 Å². The summed E-state index contributed by atoms with van der Waals surface area (Å²) in [7, 11) is 3.06. The molecule has 0 aliphatic heterocycles. The predicted octanol–water partition coefficient (Wildman–Crippen LogP) is 3.14. The highest BCUT2D eigenvalue weighted by Gasteiger charge is 2.48. The summed E-state index contributed by atoms with van der Waals surface area (Å²) in [6.07, 6.45) is 6.67. The zero-order chi connectivity index (χ0) is 21.3. The number of carbonyl (C=O) groups is 2. The third-order valence-corrected chi connectivity index (χ3v) is 6.96. The van der Waals surface area contributed by atoms with Crippen LogP contribution in [0.3, 0.4) is 0 Å². The lowest BCUT2D eigenvalue weighted by Gasteiger charge is -2.54. The second-order valence-corrected chi connectivity index (χ2v) is 9.06. The second kappa shape index (κ2) is 8.66. The highest BCUT2D eigenvalue weighted by molar-refractivity contribution is 6.01. The minimum absolute atomic E-state index is 0.00547. The molecule has 0 aromatic heterocycles. The van der Waals surface area contributed by atoms with Crippen LogP contribution in [0.1, 0.15) is 55.8 Å². The smallest absolute Gasteiger partial charge is 0.271 e.